The number of aliphatic hydroxyl groups is 1. The van der Waals surface area contributed by atoms with Crippen LogP contribution in [0.15, 0.2) is 72.3 Å². The van der Waals surface area contributed by atoms with Gasteiger partial charge in [0.1, 0.15) is 28.6 Å². The number of rotatable bonds is 6. The fourth-order valence-corrected chi connectivity index (χ4v) is 4.32. The van der Waals surface area contributed by atoms with Gasteiger partial charge >= 0.3 is 0 Å². The summed E-state index contributed by atoms with van der Waals surface area (Å²) < 4.78 is 16.4. The van der Waals surface area contributed by atoms with Crippen LogP contribution in [0.5, 0.6) is 17.2 Å². The molecule has 1 aliphatic rings. The molecule has 34 heavy (non-hydrogen) atoms. The zero-order chi connectivity index (χ0) is 24.4. The molecular formula is C27H25NO6. The summed E-state index contributed by atoms with van der Waals surface area (Å²) in [6, 6.07) is 18.4. The van der Waals surface area contributed by atoms with E-state index in [0.717, 1.165) is 5.56 Å². The maximum absolute atomic E-state index is 13.5. The second-order valence-corrected chi connectivity index (χ2v) is 7.74. The molecule has 1 heterocycles. The minimum absolute atomic E-state index is 0.0828. The Kier molecular flexibility index (Phi) is 6.27. The van der Waals surface area contributed by atoms with Gasteiger partial charge in [0.25, 0.3) is 11.7 Å². The maximum atomic E-state index is 13.5. The molecule has 1 amide bonds. The Balaban J connectivity index is 2.07. The zero-order valence-corrected chi connectivity index (χ0v) is 19.4. The lowest BCUT2D eigenvalue weighted by molar-refractivity contribution is -0.132. The van der Waals surface area contributed by atoms with Crippen LogP contribution in [0.2, 0.25) is 0 Å². The first kappa shape index (κ1) is 22.9. The van der Waals surface area contributed by atoms with Crippen molar-refractivity contribution in [3.05, 3.63) is 89.0 Å². The van der Waals surface area contributed by atoms with Crippen molar-refractivity contribution < 1.29 is 28.9 Å². The van der Waals surface area contributed by atoms with Gasteiger partial charge in [-0.05, 0) is 36.8 Å². The Bertz CT molecular complexity index is 1270. The van der Waals surface area contributed by atoms with Crippen molar-refractivity contribution in [2.24, 2.45) is 0 Å². The number of Topliss-reactive ketones (excluding diaryl/α,β-unsaturated/α-hetero) is 1. The van der Waals surface area contributed by atoms with Crippen LogP contribution in [-0.2, 0) is 9.59 Å². The largest absolute Gasteiger partial charge is 0.506 e. The number of methoxy groups -OCH3 is 3. The molecule has 0 aromatic heterocycles. The minimum atomic E-state index is -0.938. The van der Waals surface area contributed by atoms with Gasteiger partial charge in [-0.15, -0.1) is 0 Å². The van der Waals surface area contributed by atoms with E-state index >= 15 is 0 Å². The molecule has 174 valence electrons. The third-order valence-corrected chi connectivity index (χ3v) is 5.92. The van der Waals surface area contributed by atoms with E-state index in [-0.39, 0.29) is 16.9 Å². The van der Waals surface area contributed by atoms with Crippen LogP contribution in [0.1, 0.15) is 22.7 Å². The second kappa shape index (κ2) is 9.31. The Labute approximate surface area is 197 Å². The van der Waals surface area contributed by atoms with Crippen LogP contribution in [0.4, 0.5) is 5.69 Å². The number of carbonyl (C=O) groups excluding carboxylic acids is 2. The quantitative estimate of drug-likeness (QED) is 0.328. The number of aryl methyl sites for hydroxylation is 1. The van der Waals surface area contributed by atoms with Crippen molar-refractivity contribution in [3.63, 3.8) is 0 Å². The summed E-state index contributed by atoms with van der Waals surface area (Å²) in [5.74, 6) is -0.869. The van der Waals surface area contributed by atoms with E-state index in [1.807, 2.05) is 19.1 Å². The molecule has 1 atom stereocenters. The van der Waals surface area contributed by atoms with Crippen molar-refractivity contribution >= 4 is 23.1 Å². The first-order valence-electron chi connectivity index (χ1n) is 10.7. The van der Waals surface area contributed by atoms with Gasteiger partial charge in [0.2, 0.25) is 0 Å². The Morgan fingerprint density at radius 3 is 1.97 bits per heavy atom. The number of ketones is 1. The fourth-order valence-electron chi connectivity index (χ4n) is 4.32. The van der Waals surface area contributed by atoms with Crippen LogP contribution in [0.3, 0.4) is 0 Å². The summed E-state index contributed by atoms with van der Waals surface area (Å²) >= 11 is 0. The van der Waals surface area contributed by atoms with E-state index in [4.69, 9.17) is 14.2 Å². The van der Waals surface area contributed by atoms with Gasteiger partial charge in [-0.2, -0.15) is 0 Å². The highest BCUT2D eigenvalue weighted by Gasteiger charge is 2.48. The van der Waals surface area contributed by atoms with Crippen molar-refractivity contribution in [2.75, 3.05) is 26.2 Å². The molecule has 0 aliphatic carbocycles. The molecule has 3 aromatic carbocycles. The molecule has 0 bridgehead atoms. The van der Waals surface area contributed by atoms with E-state index < -0.39 is 17.7 Å². The lowest BCUT2D eigenvalue weighted by Crippen LogP contribution is -2.30. The number of aliphatic hydroxyl groups excluding tert-OH is 1. The number of hydrogen-bond acceptors (Lipinski definition) is 6. The summed E-state index contributed by atoms with van der Waals surface area (Å²) in [6.07, 6.45) is 0. The monoisotopic (exact) mass is 459 g/mol. The second-order valence-electron chi connectivity index (χ2n) is 7.74. The molecule has 0 radical (unpaired) electrons. The summed E-state index contributed by atoms with van der Waals surface area (Å²) in [5.41, 5.74) is 2.03. The molecule has 1 fully saturated rings. The van der Waals surface area contributed by atoms with Gasteiger partial charge < -0.3 is 19.3 Å². The third kappa shape index (κ3) is 3.65. The SMILES string of the molecule is COc1ccccc1C1/C(=C(\O)c2c(OC)cccc2OC)C(=O)C(=O)N1c1ccccc1C. The smallest absolute Gasteiger partial charge is 0.300 e. The summed E-state index contributed by atoms with van der Waals surface area (Å²) in [6.45, 7) is 1.86. The fraction of sp³-hybridized carbons (Fsp3) is 0.185. The number of hydrogen-bond donors (Lipinski definition) is 1. The number of para-hydroxylation sites is 2. The van der Waals surface area contributed by atoms with Crippen LogP contribution >= 0.6 is 0 Å². The Hall–Kier alpha value is -4.26. The number of amides is 1. The van der Waals surface area contributed by atoms with Gasteiger partial charge in [0, 0.05) is 11.3 Å². The number of ether oxygens (including phenoxy) is 3. The van der Waals surface area contributed by atoms with E-state index in [1.165, 1.54) is 26.2 Å². The summed E-state index contributed by atoms with van der Waals surface area (Å²) in [7, 11) is 4.42. The maximum Gasteiger partial charge on any atom is 0.300 e. The summed E-state index contributed by atoms with van der Waals surface area (Å²) in [5, 5.41) is 11.5. The summed E-state index contributed by atoms with van der Waals surface area (Å²) in [4.78, 5) is 28.3. The number of carbonyl (C=O) groups is 2. The molecule has 4 rings (SSSR count). The molecule has 3 aromatic rings. The first-order chi connectivity index (χ1) is 16.4. The molecule has 1 N–H and O–H groups in total. The van der Waals surface area contributed by atoms with Crippen molar-refractivity contribution in [1.29, 1.82) is 0 Å². The zero-order valence-electron chi connectivity index (χ0n) is 19.4. The predicted molar refractivity (Wildman–Crippen MR) is 129 cm³/mol. The van der Waals surface area contributed by atoms with Gasteiger partial charge in [-0.3, -0.25) is 14.5 Å². The minimum Gasteiger partial charge on any atom is -0.506 e. The topological polar surface area (TPSA) is 85.3 Å². The van der Waals surface area contributed by atoms with Crippen LogP contribution in [-0.4, -0.2) is 38.1 Å². The van der Waals surface area contributed by atoms with Crippen LogP contribution in [0.25, 0.3) is 5.76 Å². The number of benzene rings is 3. The van der Waals surface area contributed by atoms with Gasteiger partial charge in [0.15, 0.2) is 0 Å². The molecule has 7 heteroatoms. The lowest BCUT2D eigenvalue weighted by atomic mass is 9.93. The standard InChI is InChI=1S/C27H25NO6/c1-16-10-5-7-12-18(16)28-24(17-11-6-8-13-19(17)32-2)23(26(30)27(28)31)25(29)22-20(33-3)14-9-15-21(22)34-4/h5-15,24,29H,1-4H3/b25-23+. The van der Waals surface area contributed by atoms with E-state index in [2.05, 4.69) is 0 Å². The van der Waals surface area contributed by atoms with Gasteiger partial charge in [0.05, 0.1) is 32.9 Å². The number of anilines is 1. The normalized spacial score (nSPS) is 17.1. The van der Waals surface area contributed by atoms with Crippen molar-refractivity contribution in [2.45, 2.75) is 13.0 Å². The lowest BCUT2D eigenvalue weighted by Gasteiger charge is -2.28. The molecule has 0 spiro atoms. The Morgan fingerprint density at radius 2 is 1.35 bits per heavy atom. The van der Waals surface area contributed by atoms with Crippen molar-refractivity contribution in [3.8, 4) is 17.2 Å². The Morgan fingerprint density at radius 1 is 0.794 bits per heavy atom. The molecule has 1 saturated heterocycles. The van der Waals surface area contributed by atoms with Gasteiger partial charge in [-0.1, -0.05) is 42.5 Å². The number of nitrogens with zero attached hydrogens (tertiary/aromatic N) is 1. The highest BCUT2D eigenvalue weighted by molar-refractivity contribution is 6.52. The molecule has 1 aliphatic heterocycles. The molecule has 0 saturated carbocycles. The van der Waals surface area contributed by atoms with E-state index in [0.29, 0.717) is 28.5 Å². The highest BCUT2D eigenvalue weighted by atomic mass is 16.5. The average Bonchev–Trinajstić information content (AvgIpc) is 3.13. The van der Waals surface area contributed by atoms with Gasteiger partial charge in [-0.25, -0.2) is 0 Å². The van der Waals surface area contributed by atoms with E-state index in [1.54, 1.807) is 54.6 Å². The molecular weight excluding hydrogens is 434 g/mol. The third-order valence-electron chi connectivity index (χ3n) is 5.92. The van der Waals surface area contributed by atoms with Crippen LogP contribution in [0, 0.1) is 6.92 Å². The average molecular weight is 459 g/mol. The molecule has 1 unspecified atom stereocenters. The van der Waals surface area contributed by atoms with Crippen LogP contribution < -0.4 is 19.1 Å². The highest BCUT2D eigenvalue weighted by Crippen LogP contribution is 2.47. The first-order valence-corrected chi connectivity index (χ1v) is 10.7. The molecule has 7 nitrogen and oxygen atoms in total. The van der Waals surface area contributed by atoms with E-state index in [9.17, 15) is 14.7 Å². The van der Waals surface area contributed by atoms with Crippen molar-refractivity contribution in [1.82, 2.24) is 0 Å². The predicted octanol–water partition coefficient (Wildman–Crippen LogP) is 4.65.